The first kappa shape index (κ1) is 28.5. The fourth-order valence-corrected chi connectivity index (χ4v) is 7.29. The minimum absolute atomic E-state index is 1.13. The summed E-state index contributed by atoms with van der Waals surface area (Å²) in [7, 11) is 0. The third-order valence-corrected chi connectivity index (χ3v) is 9.46. The predicted molar refractivity (Wildman–Crippen MR) is 202 cm³/mol. The predicted octanol–water partition coefficient (Wildman–Crippen LogP) is 10.7. The normalized spacial score (nSPS) is 12.7. The summed E-state index contributed by atoms with van der Waals surface area (Å²) in [6.07, 6.45) is 0. The SMILES string of the molecule is C/C(=c1/cccc/c1=C(/c1ccccc1)c1c2ccccc2c(C)c2ccccc12)N(c1ccccc1)c1cccc2ccccc12. The molecule has 0 spiro atoms. The quantitative estimate of drug-likeness (QED) is 0.177. The van der Waals surface area contributed by atoms with Crippen LogP contribution >= 0.6 is 0 Å². The van der Waals surface area contributed by atoms with Gasteiger partial charge in [0.1, 0.15) is 0 Å². The maximum atomic E-state index is 2.43. The minimum Gasteiger partial charge on any atom is -0.313 e. The first-order chi connectivity index (χ1) is 23.2. The average molecular weight is 602 g/mol. The van der Waals surface area contributed by atoms with Gasteiger partial charge in [0.2, 0.25) is 0 Å². The Morgan fingerprint density at radius 3 is 1.57 bits per heavy atom. The smallest absolute Gasteiger partial charge is 0.0536 e. The first-order valence-corrected chi connectivity index (χ1v) is 16.3. The summed E-state index contributed by atoms with van der Waals surface area (Å²) in [6.45, 7) is 4.52. The van der Waals surface area contributed by atoms with Crippen molar-refractivity contribution >= 4 is 55.0 Å². The molecule has 0 aliphatic heterocycles. The van der Waals surface area contributed by atoms with Gasteiger partial charge in [-0.1, -0.05) is 158 Å². The summed E-state index contributed by atoms with van der Waals surface area (Å²) in [6, 6.07) is 63.6. The van der Waals surface area contributed by atoms with Crippen molar-refractivity contribution in [2.24, 2.45) is 0 Å². The Morgan fingerprint density at radius 2 is 0.915 bits per heavy atom. The second kappa shape index (κ2) is 12.1. The van der Waals surface area contributed by atoms with E-state index in [0.29, 0.717) is 0 Å². The summed E-state index contributed by atoms with van der Waals surface area (Å²) in [5, 5.41) is 9.95. The highest BCUT2D eigenvalue weighted by Crippen LogP contribution is 2.38. The molecule has 0 aliphatic carbocycles. The zero-order valence-electron chi connectivity index (χ0n) is 26.7. The molecule has 47 heavy (non-hydrogen) atoms. The van der Waals surface area contributed by atoms with Crippen molar-refractivity contribution in [2.75, 3.05) is 4.90 Å². The number of hydrogen-bond donors (Lipinski definition) is 0. The molecular formula is C46H35N. The van der Waals surface area contributed by atoms with Crippen molar-refractivity contribution in [2.45, 2.75) is 13.8 Å². The number of benzene rings is 8. The lowest BCUT2D eigenvalue weighted by molar-refractivity contribution is 1.26. The molecule has 1 heteroatoms. The molecule has 0 saturated heterocycles. The molecule has 0 atom stereocenters. The highest BCUT2D eigenvalue weighted by molar-refractivity contribution is 6.13. The number of nitrogens with zero attached hydrogens (tertiary/aromatic N) is 1. The maximum Gasteiger partial charge on any atom is 0.0536 e. The van der Waals surface area contributed by atoms with Gasteiger partial charge in [-0.2, -0.15) is 0 Å². The van der Waals surface area contributed by atoms with Crippen LogP contribution in [-0.2, 0) is 0 Å². The lowest BCUT2D eigenvalue weighted by atomic mass is 9.85. The van der Waals surface area contributed by atoms with Crippen molar-refractivity contribution < 1.29 is 0 Å². The fraction of sp³-hybridized carbons (Fsp3) is 0.0435. The van der Waals surface area contributed by atoms with E-state index in [-0.39, 0.29) is 0 Å². The monoisotopic (exact) mass is 601 g/mol. The highest BCUT2D eigenvalue weighted by atomic mass is 15.1. The Labute approximate surface area is 276 Å². The van der Waals surface area contributed by atoms with Gasteiger partial charge in [-0.3, -0.25) is 0 Å². The molecule has 0 N–H and O–H groups in total. The van der Waals surface area contributed by atoms with Crippen LogP contribution in [0.1, 0.15) is 23.6 Å². The second-order valence-corrected chi connectivity index (χ2v) is 12.1. The van der Waals surface area contributed by atoms with E-state index >= 15 is 0 Å². The second-order valence-electron chi connectivity index (χ2n) is 12.1. The van der Waals surface area contributed by atoms with Gasteiger partial charge >= 0.3 is 0 Å². The number of hydrogen-bond acceptors (Lipinski definition) is 1. The van der Waals surface area contributed by atoms with E-state index in [1.807, 2.05) is 0 Å². The van der Waals surface area contributed by atoms with E-state index in [1.165, 1.54) is 65.0 Å². The van der Waals surface area contributed by atoms with Crippen molar-refractivity contribution in [1.82, 2.24) is 0 Å². The molecule has 0 saturated carbocycles. The van der Waals surface area contributed by atoms with E-state index in [4.69, 9.17) is 0 Å². The number of fused-ring (bicyclic) bond motifs is 3. The Kier molecular flexibility index (Phi) is 7.36. The molecule has 0 aromatic heterocycles. The van der Waals surface area contributed by atoms with Crippen molar-refractivity contribution in [3.8, 4) is 0 Å². The largest absolute Gasteiger partial charge is 0.313 e. The Bertz CT molecular complexity index is 2470. The molecule has 0 fully saturated rings. The molecular weight excluding hydrogens is 567 g/mol. The third-order valence-electron chi connectivity index (χ3n) is 9.46. The fourth-order valence-electron chi connectivity index (χ4n) is 7.29. The van der Waals surface area contributed by atoms with Gasteiger partial charge in [0, 0.05) is 22.0 Å². The summed E-state index contributed by atoms with van der Waals surface area (Å²) >= 11 is 0. The van der Waals surface area contributed by atoms with Gasteiger partial charge in [-0.05, 0) is 86.5 Å². The molecule has 0 radical (unpaired) electrons. The highest BCUT2D eigenvalue weighted by Gasteiger charge is 2.19. The standard InChI is InChI=1S/C46H35N/c1-32-37-24-11-14-28-41(37)46(42-29-15-12-25-38(32)42)45(35-19-5-3-6-20-35)43-30-16-13-26-39(43)33(2)47(36-22-7-4-8-23-36)44-31-17-21-34-18-9-10-27-40(34)44/h3-31H,1-2H3/b39-33+,45-43+. The number of para-hydroxylation sites is 1. The summed E-state index contributed by atoms with van der Waals surface area (Å²) in [5.41, 5.74) is 8.47. The zero-order chi connectivity index (χ0) is 31.7. The van der Waals surface area contributed by atoms with Crippen molar-refractivity contribution in [3.05, 3.63) is 203 Å². The molecule has 8 rings (SSSR count). The maximum absolute atomic E-state index is 2.43. The molecule has 0 unspecified atom stereocenters. The van der Waals surface area contributed by atoms with Crippen LogP contribution in [0.2, 0.25) is 0 Å². The zero-order valence-corrected chi connectivity index (χ0v) is 26.7. The molecule has 0 aliphatic rings. The van der Waals surface area contributed by atoms with Crippen LogP contribution in [0.25, 0.3) is 43.6 Å². The van der Waals surface area contributed by atoms with Gasteiger partial charge in [-0.15, -0.1) is 0 Å². The lowest BCUT2D eigenvalue weighted by Crippen LogP contribution is -2.34. The Balaban J connectivity index is 1.57. The van der Waals surface area contributed by atoms with Crippen LogP contribution in [0.3, 0.4) is 0 Å². The lowest BCUT2D eigenvalue weighted by Gasteiger charge is -2.28. The van der Waals surface area contributed by atoms with Crippen LogP contribution < -0.4 is 15.3 Å². The molecule has 224 valence electrons. The van der Waals surface area contributed by atoms with Gasteiger partial charge < -0.3 is 4.90 Å². The molecule has 8 aromatic carbocycles. The van der Waals surface area contributed by atoms with Crippen molar-refractivity contribution in [1.29, 1.82) is 0 Å². The van der Waals surface area contributed by atoms with E-state index in [1.54, 1.807) is 0 Å². The van der Waals surface area contributed by atoms with E-state index in [9.17, 15) is 0 Å². The topological polar surface area (TPSA) is 3.24 Å². The van der Waals surface area contributed by atoms with Crippen LogP contribution in [-0.4, -0.2) is 0 Å². The van der Waals surface area contributed by atoms with E-state index in [0.717, 1.165) is 17.1 Å². The molecule has 0 heterocycles. The van der Waals surface area contributed by atoms with Crippen molar-refractivity contribution in [3.63, 3.8) is 0 Å². The van der Waals surface area contributed by atoms with Gasteiger partial charge in [0.05, 0.1) is 5.69 Å². The van der Waals surface area contributed by atoms with Crippen LogP contribution in [0, 0.1) is 6.92 Å². The van der Waals surface area contributed by atoms with E-state index in [2.05, 4.69) is 195 Å². The van der Waals surface area contributed by atoms with Gasteiger partial charge in [0.25, 0.3) is 0 Å². The van der Waals surface area contributed by atoms with Crippen LogP contribution in [0.5, 0.6) is 0 Å². The molecule has 0 bridgehead atoms. The molecule has 8 aromatic rings. The Hall–Kier alpha value is -5.92. The van der Waals surface area contributed by atoms with E-state index < -0.39 is 0 Å². The number of anilines is 2. The van der Waals surface area contributed by atoms with Gasteiger partial charge in [0.15, 0.2) is 0 Å². The summed E-state index contributed by atoms with van der Waals surface area (Å²) in [5.74, 6) is 0. The summed E-state index contributed by atoms with van der Waals surface area (Å²) in [4.78, 5) is 2.43. The third kappa shape index (κ3) is 4.98. The molecule has 0 amide bonds. The van der Waals surface area contributed by atoms with Crippen LogP contribution in [0.15, 0.2) is 176 Å². The first-order valence-electron chi connectivity index (χ1n) is 16.3. The Morgan fingerprint density at radius 1 is 0.426 bits per heavy atom. The minimum atomic E-state index is 1.13. The number of aryl methyl sites for hydroxylation is 1. The van der Waals surface area contributed by atoms with Crippen LogP contribution in [0.4, 0.5) is 11.4 Å². The van der Waals surface area contributed by atoms with Gasteiger partial charge in [-0.25, -0.2) is 0 Å². The molecule has 1 nitrogen and oxygen atoms in total. The average Bonchev–Trinajstić information content (AvgIpc) is 3.14. The summed E-state index contributed by atoms with van der Waals surface area (Å²) < 4.78 is 0. The number of rotatable bonds is 5.